The minimum Gasteiger partial charge on any atom is -0.493 e. The second kappa shape index (κ2) is 7.52. The van der Waals surface area contributed by atoms with E-state index in [1.165, 1.54) is 13.5 Å². The van der Waals surface area contributed by atoms with E-state index < -0.39 is 0 Å². The van der Waals surface area contributed by atoms with Crippen LogP contribution in [0.2, 0.25) is 5.02 Å². The molecule has 6 heteroatoms. The first-order chi connectivity index (χ1) is 10.2. The Morgan fingerprint density at radius 3 is 2.62 bits per heavy atom. The van der Waals surface area contributed by atoms with E-state index in [1.54, 1.807) is 12.1 Å². The highest BCUT2D eigenvalue weighted by Crippen LogP contribution is 2.33. The number of aliphatic hydroxyl groups excluding tert-OH is 1. The lowest BCUT2D eigenvalue weighted by Crippen LogP contribution is -2.38. The number of likely N-dealkylation sites (tertiary alicyclic amines) is 1. The van der Waals surface area contributed by atoms with E-state index in [9.17, 15) is 9.90 Å². The van der Waals surface area contributed by atoms with Gasteiger partial charge in [0.25, 0.3) is 5.91 Å². The van der Waals surface area contributed by atoms with Crippen molar-refractivity contribution in [2.24, 2.45) is 0 Å². The number of benzene rings is 1. The quantitative estimate of drug-likeness (QED) is 0.905. The van der Waals surface area contributed by atoms with Crippen LogP contribution in [0, 0.1) is 0 Å². The summed E-state index contributed by atoms with van der Waals surface area (Å²) in [6.07, 6.45) is 3.27. The van der Waals surface area contributed by atoms with Crippen molar-refractivity contribution in [3.05, 3.63) is 22.7 Å². The molecule has 0 aliphatic carbocycles. The van der Waals surface area contributed by atoms with Gasteiger partial charge in [-0.3, -0.25) is 4.79 Å². The number of aliphatic hydroxyl groups is 1. The summed E-state index contributed by atoms with van der Waals surface area (Å²) in [6, 6.07) is 3.18. The van der Waals surface area contributed by atoms with Crippen LogP contribution in [0.3, 0.4) is 0 Å². The van der Waals surface area contributed by atoms with Crippen molar-refractivity contribution in [1.29, 1.82) is 0 Å². The first-order valence-corrected chi connectivity index (χ1v) is 7.41. The number of piperidine rings is 1. The molecule has 0 bridgehead atoms. The number of nitrogens with zero attached hydrogens (tertiary/aromatic N) is 1. The molecule has 1 aliphatic rings. The van der Waals surface area contributed by atoms with Gasteiger partial charge in [0.05, 0.1) is 18.7 Å². The lowest BCUT2D eigenvalue weighted by Gasteiger charge is -2.26. The fourth-order valence-corrected chi connectivity index (χ4v) is 2.56. The van der Waals surface area contributed by atoms with Crippen molar-refractivity contribution in [1.82, 2.24) is 4.90 Å². The molecule has 5 nitrogen and oxygen atoms in total. The predicted molar refractivity (Wildman–Crippen MR) is 79.9 cm³/mol. The number of ether oxygens (including phenoxy) is 2. The molecule has 0 radical (unpaired) electrons. The van der Waals surface area contributed by atoms with Crippen LogP contribution in [0.5, 0.6) is 11.5 Å². The smallest absolute Gasteiger partial charge is 0.260 e. The van der Waals surface area contributed by atoms with Crippen LogP contribution in [0.4, 0.5) is 0 Å². The maximum atomic E-state index is 12.1. The van der Waals surface area contributed by atoms with Crippen molar-refractivity contribution in [2.45, 2.75) is 25.9 Å². The largest absolute Gasteiger partial charge is 0.493 e. The number of carbonyl (C=O) groups is 1. The zero-order chi connectivity index (χ0) is 15.2. The van der Waals surface area contributed by atoms with Crippen molar-refractivity contribution in [2.75, 3.05) is 26.8 Å². The highest BCUT2D eigenvalue weighted by molar-refractivity contribution is 6.31. The molecule has 1 aliphatic heterocycles. The highest BCUT2D eigenvalue weighted by atomic mass is 35.5. The minimum absolute atomic E-state index is 0.0286. The van der Waals surface area contributed by atoms with Gasteiger partial charge < -0.3 is 19.5 Å². The Bertz CT molecular complexity index is 501. The second-order valence-corrected chi connectivity index (χ2v) is 5.39. The number of halogens is 1. The summed E-state index contributed by atoms with van der Waals surface area (Å²) >= 11 is 6.03. The maximum absolute atomic E-state index is 12.1. The number of carbonyl (C=O) groups excluding carboxylic acids is 1. The molecule has 1 heterocycles. The Hall–Kier alpha value is -1.46. The molecular formula is C15H20ClNO4. The molecular weight excluding hydrogens is 294 g/mol. The monoisotopic (exact) mass is 313 g/mol. The number of hydrogen-bond donors (Lipinski definition) is 1. The summed E-state index contributed by atoms with van der Waals surface area (Å²) in [6.45, 7) is 1.38. The normalized spacial score (nSPS) is 14.9. The average molecular weight is 314 g/mol. The Labute approximate surface area is 129 Å². The molecule has 1 amide bonds. The molecule has 1 aromatic carbocycles. The zero-order valence-corrected chi connectivity index (χ0v) is 12.9. The van der Waals surface area contributed by atoms with Gasteiger partial charge in [-0.15, -0.1) is 0 Å². The third kappa shape index (κ3) is 4.02. The summed E-state index contributed by atoms with van der Waals surface area (Å²) in [7, 11) is 1.50. The number of hydrogen-bond acceptors (Lipinski definition) is 4. The van der Waals surface area contributed by atoms with Crippen LogP contribution >= 0.6 is 11.6 Å². The Kier molecular flexibility index (Phi) is 5.70. The van der Waals surface area contributed by atoms with E-state index in [0.717, 1.165) is 25.9 Å². The standard InChI is InChI=1S/C15H20ClNO4/c1-20-13-7-11(9-18)12(16)8-14(13)21-10-15(19)17-5-3-2-4-6-17/h7-8,18H,2-6,9-10H2,1H3. The Balaban J connectivity index is 2.01. The number of rotatable bonds is 5. The van der Waals surface area contributed by atoms with Gasteiger partial charge >= 0.3 is 0 Å². The van der Waals surface area contributed by atoms with Crippen molar-refractivity contribution in [3.63, 3.8) is 0 Å². The predicted octanol–water partition coefficient (Wildman–Crippen LogP) is 2.23. The molecule has 1 fully saturated rings. The summed E-state index contributed by atoms with van der Waals surface area (Å²) < 4.78 is 10.7. The highest BCUT2D eigenvalue weighted by Gasteiger charge is 2.18. The van der Waals surface area contributed by atoms with Crippen LogP contribution in [0.1, 0.15) is 24.8 Å². The van der Waals surface area contributed by atoms with Gasteiger partial charge in [0.2, 0.25) is 0 Å². The maximum Gasteiger partial charge on any atom is 0.260 e. The lowest BCUT2D eigenvalue weighted by molar-refractivity contribution is -0.134. The SMILES string of the molecule is COc1cc(CO)c(Cl)cc1OCC(=O)N1CCCCC1. The molecule has 1 aromatic rings. The molecule has 116 valence electrons. The van der Waals surface area contributed by atoms with Crippen molar-refractivity contribution < 1.29 is 19.4 Å². The van der Waals surface area contributed by atoms with Gasteiger partial charge in [0.1, 0.15) is 0 Å². The zero-order valence-electron chi connectivity index (χ0n) is 12.1. The van der Waals surface area contributed by atoms with Gasteiger partial charge in [-0.25, -0.2) is 0 Å². The fourth-order valence-electron chi connectivity index (χ4n) is 2.34. The van der Waals surface area contributed by atoms with Crippen LogP contribution in [0.15, 0.2) is 12.1 Å². The molecule has 2 rings (SSSR count). The molecule has 21 heavy (non-hydrogen) atoms. The average Bonchev–Trinajstić information content (AvgIpc) is 2.53. The summed E-state index contributed by atoms with van der Waals surface area (Å²) in [4.78, 5) is 13.9. The molecule has 1 saturated heterocycles. The molecule has 0 aromatic heterocycles. The third-order valence-corrected chi connectivity index (χ3v) is 3.91. The first-order valence-electron chi connectivity index (χ1n) is 7.03. The Morgan fingerprint density at radius 1 is 1.29 bits per heavy atom. The fraction of sp³-hybridized carbons (Fsp3) is 0.533. The van der Waals surface area contributed by atoms with Crippen molar-refractivity contribution in [3.8, 4) is 11.5 Å². The van der Waals surface area contributed by atoms with Gasteiger partial charge in [0.15, 0.2) is 18.1 Å². The summed E-state index contributed by atoms with van der Waals surface area (Å²) in [5.74, 6) is 0.832. The van der Waals surface area contributed by atoms with Gasteiger partial charge in [0, 0.05) is 19.2 Å². The van der Waals surface area contributed by atoms with E-state index >= 15 is 0 Å². The molecule has 1 N–H and O–H groups in total. The minimum atomic E-state index is -0.178. The lowest BCUT2D eigenvalue weighted by atomic mass is 10.1. The van der Waals surface area contributed by atoms with Crippen molar-refractivity contribution >= 4 is 17.5 Å². The number of amides is 1. The Morgan fingerprint density at radius 2 is 2.00 bits per heavy atom. The topological polar surface area (TPSA) is 59.0 Å². The van der Waals surface area contributed by atoms with E-state index in [2.05, 4.69) is 0 Å². The summed E-state index contributed by atoms with van der Waals surface area (Å²) in [5.41, 5.74) is 0.559. The number of methoxy groups -OCH3 is 1. The van der Waals surface area contributed by atoms with Crippen LogP contribution < -0.4 is 9.47 Å². The summed E-state index contributed by atoms with van der Waals surface area (Å²) in [5, 5.41) is 9.56. The van der Waals surface area contributed by atoms with E-state index in [0.29, 0.717) is 22.1 Å². The van der Waals surface area contributed by atoms with Crippen LogP contribution in [-0.2, 0) is 11.4 Å². The molecule has 0 saturated carbocycles. The second-order valence-electron chi connectivity index (χ2n) is 4.98. The van der Waals surface area contributed by atoms with Gasteiger partial charge in [-0.1, -0.05) is 11.6 Å². The first kappa shape index (κ1) is 15.9. The van der Waals surface area contributed by atoms with E-state index in [-0.39, 0.29) is 19.1 Å². The van der Waals surface area contributed by atoms with Gasteiger partial charge in [-0.05, 0) is 30.9 Å². The van der Waals surface area contributed by atoms with Gasteiger partial charge in [-0.2, -0.15) is 0 Å². The van der Waals surface area contributed by atoms with E-state index in [1.807, 2.05) is 4.90 Å². The van der Waals surface area contributed by atoms with Crippen LogP contribution in [0.25, 0.3) is 0 Å². The molecule has 0 spiro atoms. The molecule has 0 unspecified atom stereocenters. The third-order valence-electron chi connectivity index (χ3n) is 3.56. The van der Waals surface area contributed by atoms with Crippen LogP contribution in [-0.4, -0.2) is 42.7 Å². The molecule has 0 atom stereocenters. The van der Waals surface area contributed by atoms with E-state index in [4.69, 9.17) is 21.1 Å².